The van der Waals surface area contributed by atoms with Gasteiger partial charge in [0.25, 0.3) is 5.56 Å². The molecule has 0 radical (unpaired) electrons. The molecule has 0 aliphatic carbocycles. The molecule has 3 heterocycles. The lowest BCUT2D eigenvalue weighted by Crippen LogP contribution is -2.47. The van der Waals surface area contributed by atoms with Crippen LogP contribution in [0.3, 0.4) is 0 Å². The van der Waals surface area contributed by atoms with E-state index in [9.17, 15) is 9.59 Å². The van der Waals surface area contributed by atoms with Gasteiger partial charge in [-0.15, -0.1) is 0 Å². The molecule has 1 aliphatic rings. The Hall–Kier alpha value is -1.87. The first-order chi connectivity index (χ1) is 11.1. The van der Waals surface area contributed by atoms with Gasteiger partial charge in [0.1, 0.15) is 17.3 Å². The van der Waals surface area contributed by atoms with Crippen LogP contribution in [-0.4, -0.2) is 61.3 Å². The van der Waals surface area contributed by atoms with Crippen LogP contribution in [0.5, 0.6) is 0 Å². The number of aromatic nitrogens is 4. The molecular weight excluding hydrogens is 318 g/mol. The van der Waals surface area contributed by atoms with Crippen molar-refractivity contribution in [1.29, 1.82) is 0 Å². The molecule has 8 nitrogen and oxygen atoms in total. The van der Waals surface area contributed by atoms with Gasteiger partial charge in [0, 0.05) is 25.1 Å². The van der Waals surface area contributed by atoms with E-state index in [1.165, 1.54) is 6.20 Å². The number of rotatable bonds is 4. The quantitative estimate of drug-likeness (QED) is 0.793. The van der Waals surface area contributed by atoms with E-state index >= 15 is 0 Å². The van der Waals surface area contributed by atoms with Crippen LogP contribution in [0.25, 0.3) is 11.0 Å². The van der Waals surface area contributed by atoms with Crippen molar-refractivity contribution in [3.63, 3.8) is 0 Å². The van der Waals surface area contributed by atoms with Crippen LogP contribution in [0, 0.1) is 0 Å². The largest absolute Gasteiger partial charge is 0.465 e. The van der Waals surface area contributed by atoms with Crippen molar-refractivity contribution in [2.24, 2.45) is 7.05 Å². The summed E-state index contributed by atoms with van der Waals surface area (Å²) in [5.41, 5.74) is 0.333. The summed E-state index contributed by atoms with van der Waals surface area (Å²) in [5, 5.41) is 4.52. The van der Waals surface area contributed by atoms with Crippen molar-refractivity contribution in [2.45, 2.75) is 19.5 Å². The van der Waals surface area contributed by atoms with Crippen LogP contribution in [-0.2, 0) is 23.1 Å². The van der Waals surface area contributed by atoms with E-state index in [-0.39, 0.29) is 17.6 Å². The zero-order valence-electron chi connectivity index (χ0n) is 13.1. The first kappa shape index (κ1) is 16.0. The van der Waals surface area contributed by atoms with Gasteiger partial charge in [-0.2, -0.15) is 16.9 Å². The number of carbonyl (C=O) groups excluding carboxylic acids is 1. The second kappa shape index (κ2) is 6.71. The molecule has 1 saturated heterocycles. The number of fused-ring (bicyclic) bond motifs is 1. The van der Waals surface area contributed by atoms with Gasteiger partial charge in [-0.05, 0) is 6.92 Å². The molecule has 2 aromatic rings. The lowest BCUT2D eigenvalue weighted by molar-refractivity contribution is -0.149. The monoisotopic (exact) mass is 337 g/mol. The molecule has 0 amide bonds. The summed E-state index contributed by atoms with van der Waals surface area (Å²) in [6.45, 7) is 3.32. The average Bonchev–Trinajstić information content (AvgIpc) is 2.90. The number of thioether (sulfide) groups is 1. The molecule has 2 aromatic heterocycles. The molecule has 23 heavy (non-hydrogen) atoms. The zero-order valence-corrected chi connectivity index (χ0v) is 13.9. The summed E-state index contributed by atoms with van der Waals surface area (Å²) in [4.78, 5) is 33.5. The van der Waals surface area contributed by atoms with Gasteiger partial charge in [0.15, 0.2) is 5.65 Å². The molecule has 0 bridgehead atoms. The normalized spacial score (nSPS) is 19.1. The summed E-state index contributed by atoms with van der Waals surface area (Å²) in [6, 6.07) is -0.304. The summed E-state index contributed by atoms with van der Waals surface area (Å²) < 4.78 is 6.72. The maximum atomic E-state index is 12.1. The Labute approximate surface area is 137 Å². The minimum Gasteiger partial charge on any atom is -0.465 e. The van der Waals surface area contributed by atoms with Crippen LogP contribution >= 0.6 is 11.8 Å². The van der Waals surface area contributed by atoms with E-state index in [2.05, 4.69) is 15.1 Å². The van der Waals surface area contributed by atoms with Gasteiger partial charge in [-0.1, -0.05) is 0 Å². The smallest absolute Gasteiger partial charge is 0.324 e. The van der Waals surface area contributed by atoms with Gasteiger partial charge >= 0.3 is 5.97 Å². The van der Waals surface area contributed by atoms with E-state index in [0.717, 1.165) is 12.3 Å². The highest BCUT2D eigenvalue weighted by atomic mass is 32.2. The molecule has 3 rings (SSSR count). The minimum absolute atomic E-state index is 0.211. The van der Waals surface area contributed by atoms with Crippen molar-refractivity contribution < 1.29 is 9.53 Å². The van der Waals surface area contributed by atoms with E-state index in [1.54, 1.807) is 30.4 Å². The first-order valence-electron chi connectivity index (χ1n) is 7.49. The molecule has 124 valence electrons. The number of aromatic amines is 1. The average molecular weight is 337 g/mol. The lowest BCUT2D eigenvalue weighted by Gasteiger charge is -2.33. The Morgan fingerprint density at radius 2 is 2.39 bits per heavy atom. The molecule has 1 atom stereocenters. The van der Waals surface area contributed by atoms with E-state index in [0.29, 0.717) is 35.8 Å². The highest BCUT2D eigenvalue weighted by molar-refractivity contribution is 7.99. The van der Waals surface area contributed by atoms with Crippen LogP contribution in [0.15, 0.2) is 11.0 Å². The predicted molar refractivity (Wildman–Crippen MR) is 87.3 cm³/mol. The number of nitrogens with zero attached hydrogens (tertiary/aromatic N) is 4. The van der Waals surface area contributed by atoms with Crippen LogP contribution < -0.4 is 5.56 Å². The van der Waals surface area contributed by atoms with Crippen molar-refractivity contribution in [2.75, 3.05) is 24.7 Å². The van der Waals surface area contributed by atoms with Crippen molar-refractivity contribution >= 4 is 28.8 Å². The van der Waals surface area contributed by atoms with Crippen molar-refractivity contribution in [3.8, 4) is 0 Å². The van der Waals surface area contributed by atoms with Crippen molar-refractivity contribution in [1.82, 2.24) is 24.6 Å². The molecular formula is C14H19N5O3S. The molecule has 9 heteroatoms. The molecule has 1 aliphatic heterocycles. The molecule has 0 aromatic carbocycles. The third-order valence-electron chi connectivity index (χ3n) is 3.80. The number of H-pyrrole nitrogens is 1. The SMILES string of the molecule is CCOC(=O)[C@@H]1CSCCN1Cc1nc2c(cnn2C)c(=O)[nH]1. The fraction of sp³-hybridized carbons (Fsp3) is 0.571. The number of hydrogen-bond acceptors (Lipinski definition) is 7. The van der Waals surface area contributed by atoms with Gasteiger partial charge in [-0.25, -0.2) is 4.98 Å². The molecule has 0 unspecified atom stereocenters. The first-order valence-corrected chi connectivity index (χ1v) is 8.65. The number of ether oxygens (including phenoxy) is 1. The van der Waals surface area contributed by atoms with Crippen LogP contribution in [0.4, 0.5) is 0 Å². The number of nitrogens with one attached hydrogen (secondary N) is 1. The van der Waals surface area contributed by atoms with E-state index in [4.69, 9.17) is 4.74 Å². The molecule has 1 N–H and O–H groups in total. The van der Waals surface area contributed by atoms with Gasteiger partial charge in [0.2, 0.25) is 0 Å². The maximum absolute atomic E-state index is 12.1. The number of carbonyl (C=O) groups is 1. The highest BCUT2D eigenvalue weighted by Crippen LogP contribution is 2.19. The fourth-order valence-corrected chi connectivity index (χ4v) is 3.73. The maximum Gasteiger partial charge on any atom is 0.324 e. The van der Waals surface area contributed by atoms with Gasteiger partial charge in [-0.3, -0.25) is 19.2 Å². The lowest BCUT2D eigenvalue weighted by atomic mass is 10.2. The topological polar surface area (TPSA) is 93.1 Å². The standard InChI is InChI=1S/C14H19N5O3S/c1-3-22-14(21)10-8-23-5-4-19(10)7-11-16-12-9(13(20)17-11)6-15-18(12)2/h6,10H,3-5,7-8H2,1-2H3,(H,16,17,20)/t10-/m0/s1. The fourth-order valence-electron chi connectivity index (χ4n) is 2.63. The summed E-state index contributed by atoms with van der Waals surface area (Å²) in [7, 11) is 1.75. The Morgan fingerprint density at radius 1 is 1.57 bits per heavy atom. The highest BCUT2D eigenvalue weighted by Gasteiger charge is 2.30. The van der Waals surface area contributed by atoms with E-state index < -0.39 is 0 Å². The molecule has 0 saturated carbocycles. The van der Waals surface area contributed by atoms with Crippen molar-refractivity contribution in [3.05, 3.63) is 22.4 Å². The second-order valence-electron chi connectivity index (χ2n) is 5.33. The van der Waals surface area contributed by atoms with Gasteiger partial charge < -0.3 is 9.72 Å². The number of hydrogen-bond donors (Lipinski definition) is 1. The number of aryl methyl sites for hydroxylation is 1. The zero-order chi connectivity index (χ0) is 16.4. The predicted octanol–water partition coefficient (Wildman–Crippen LogP) is 0.137. The minimum atomic E-state index is -0.304. The van der Waals surface area contributed by atoms with Crippen LogP contribution in [0.1, 0.15) is 12.7 Å². The second-order valence-corrected chi connectivity index (χ2v) is 6.48. The third-order valence-corrected chi connectivity index (χ3v) is 4.82. The molecule has 1 fully saturated rings. The Morgan fingerprint density at radius 3 is 3.17 bits per heavy atom. The molecule has 0 spiro atoms. The Kier molecular flexibility index (Phi) is 4.67. The summed E-state index contributed by atoms with van der Waals surface area (Å²) >= 11 is 1.73. The van der Waals surface area contributed by atoms with E-state index in [1.807, 2.05) is 4.90 Å². The summed E-state index contributed by atoms with van der Waals surface area (Å²) in [6.07, 6.45) is 1.50. The Balaban J connectivity index is 1.85. The Bertz CT molecular complexity index is 771. The summed E-state index contributed by atoms with van der Waals surface area (Å²) in [5.74, 6) is 1.95. The third kappa shape index (κ3) is 3.25. The number of esters is 1. The van der Waals surface area contributed by atoms with Crippen LogP contribution in [0.2, 0.25) is 0 Å². The van der Waals surface area contributed by atoms with Gasteiger partial charge in [0.05, 0.1) is 19.3 Å².